The number of carbonyl (C=O) groups is 2. The Morgan fingerprint density at radius 3 is 2.39 bits per heavy atom. The zero-order valence-electron chi connectivity index (χ0n) is 10.7. The number of aliphatic carboxylic acids is 1. The maximum Gasteiger partial charge on any atom is 0.305 e. The second kappa shape index (κ2) is 5.69. The predicted octanol–water partition coefficient (Wildman–Crippen LogP) is 0.890. The molecular weight excluding hydrogens is 232 g/mol. The summed E-state index contributed by atoms with van der Waals surface area (Å²) in [7, 11) is 0. The molecule has 102 valence electrons. The van der Waals surface area contributed by atoms with Crippen molar-refractivity contribution in [3.63, 3.8) is 0 Å². The molecule has 5 nitrogen and oxygen atoms in total. The summed E-state index contributed by atoms with van der Waals surface area (Å²) in [4.78, 5) is 23.2. The van der Waals surface area contributed by atoms with E-state index in [0.717, 1.165) is 38.8 Å². The van der Waals surface area contributed by atoms with E-state index in [1.54, 1.807) is 0 Å². The van der Waals surface area contributed by atoms with E-state index in [9.17, 15) is 9.59 Å². The number of nitrogens with one attached hydrogen (secondary N) is 2. The maximum atomic E-state index is 12.2. The molecule has 1 saturated carbocycles. The minimum absolute atomic E-state index is 0.0349. The van der Waals surface area contributed by atoms with E-state index in [1.807, 2.05) is 0 Å². The Morgan fingerprint density at radius 2 is 1.83 bits per heavy atom. The van der Waals surface area contributed by atoms with E-state index >= 15 is 0 Å². The summed E-state index contributed by atoms with van der Waals surface area (Å²) in [6, 6.07) is 0. The molecular formula is C13H22N2O3. The fraction of sp³-hybridized carbons (Fsp3) is 0.846. The average molecular weight is 254 g/mol. The lowest BCUT2D eigenvalue weighted by molar-refractivity contribution is -0.139. The third kappa shape index (κ3) is 3.22. The Morgan fingerprint density at radius 1 is 1.22 bits per heavy atom. The van der Waals surface area contributed by atoms with Crippen molar-refractivity contribution in [2.75, 3.05) is 13.1 Å². The topological polar surface area (TPSA) is 78.4 Å². The second-order valence-electron chi connectivity index (χ2n) is 5.57. The van der Waals surface area contributed by atoms with Crippen LogP contribution in [0.3, 0.4) is 0 Å². The van der Waals surface area contributed by atoms with Gasteiger partial charge in [-0.1, -0.05) is 12.8 Å². The summed E-state index contributed by atoms with van der Waals surface area (Å²) >= 11 is 0. The van der Waals surface area contributed by atoms with Gasteiger partial charge in [0.1, 0.15) is 0 Å². The number of rotatable bonds is 4. The van der Waals surface area contributed by atoms with Crippen molar-refractivity contribution in [1.29, 1.82) is 0 Å². The van der Waals surface area contributed by atoms with E-state index < -0.39 is 11.5 Å². The molecule has 0 spiro atoms. The van der Waals surface area contributed by atoms with E-state index in [4.69, 9.17) is 5.11 Å². The first-order valence-electron chi connectivity index (χ1n) is 6.86. The van der Waals surface area contributed by atoms with Gasteiger partial charge in [-0.25, -0.2) is 0 Å². The van der Waals surface area contributed by atoms with Gasteiger partial charge in [-0.05, 0) is 38.8 Å². The Balaban J connectivity index is 1.99. The highest BCUT2D eigenvalue weighted by Gasteiger charge is 2.37. The molecule has 1 heterocycles. The highest BCUT2D eigenvalue weighted by atomic mass is 16.4. The molecule has 3 N–H and O–H groups in total. The Bertz CT molecular complexity index is 318. The number of carboxylic acid groups (broad SMARTS) is 1. The van der Waals surface area contributed by atoms with Crippen molar-refractivity contribution < 1.29 is 14.7 Å². The van der Waals surface area contributed by atoms with Gasteiger partial charge in [0.25, 0.3) is 0 Å². The zero-order valence-corrected chi connectivity index (χ0v) is 10.7. The molecule has 1 amide bonds. The van der Waals surface area contributed by atoms with Crippen molar-refractivity contribution in [3.8, 4) is 0 Å². The van der Waals surface area contributed by atoms with Crippen LogP contribution in [0.5, 0.6) is 0 Å². The van der Waals surface area contributed by atoms with Crippen molar-refractivity contribution in [1.82, 2.24) is 10.6 Å². The lowest BCUT2D eigenvalue weighted by Crippen LogP contribution is -2.56. The monoisotopic (exact) mass is 254 g/mol. The van der Waals surface area contributed by atoms with E-state index in [0.29, 0.717) is 12.8 Å². The number of carboxylic acids is 1. The summed E-state index contributed by atoms with van der Waals surface area (Å²) in [6.45, 7) is 1.55. The van der Waals surface area contributed by atoms with Crippen LogP contribution < -0.4 is 10.6 Å². The molecule has 0 atom stereocenters. The molecule has 0 bridgehead atoms. The van der Waals surface area contributed by atoms with Gasteiger partial charge in [0.2, 0.25) is 5.91 Å². The van der Waals surface area contributed by atoms with Crippen LogP contribution in [-0.4, -0.2) is 35.6 Å². The number of hydrogen-bond acceptors (Lipinski definition) is 3. The summed E-state index contributed by atoms with van der Waals surface area (Å²) in [5.74, 6) is -0.662. The van der Waals surface area contributed by atoms with Crippen LogP contribution in [0.15, 0.2) is 0 Å². The first-order chi connectivity index (χ1) is 8.61. The van der Waals surface area contributed by atoms with Gasteiger partial charge in [0.15, 0.2) is 0 Å². The number of piperidine rings is 1. The van der Waals surface area contributed by atoms with Crippen molar-refractivity contribution >= 4 is 11.9 Å². The molecule has 2 fully saturated rings. The van der Waals surface area contributed by atoms with Gasteiger partial charge in [-0.2, -0.15) is 0 Å². The van der Waals surface area contributed by atoms with Gasteiger partial charge in [0.05, 0.1) is 12.0 Å². The largest absolute Gasteiger partial charge is 0.481 e. The highest BCUT2D eigenvalue weighted by Crippen LogP contribution is 2.28. The smallest absolute Gasteiger partial charge is 0.305 e. The second-order valence-corrected chi connectivity index (χ2v) is 5.57. The van der Waals surface area contributed by atoms with E-state index in [-0.39, 0.29) is 18.2 Å². The van der Waals surface area contributed by atoms with E-state index in [2.05, 4.69) is 10.6 Å². The van der Waals surface area contributed by atoms with Crippen molar-refractivity contribution in [3.05, 3.63) is 0 Å². The average Bonchev–Trinajstić information content (AvgIpc) is 2.82. The molecule has 0 aromatic rings. The molecule has 1 aliphatic carbocycles. The first-order valence-corrected chi connectivity index (χ1v) is 6.86. The van der Waals surface area contributed by atoms with Crippen LogP contribution in [0.25, 0.3) is 0 Å². The molecule has 0 aromatic carbocycles. The third-order valence-corrected chi connectivity index (χ3v) is 4.16. The molecule has 1 saturated heterocycles. The van der Waals surface area contributed by atoms with Crippen LogP contribution in [0, 0.1) is 5.92 Å². The number of hydrogen-bond donors (Lipinski definition) is 3. The van der Waals surface area contributed by atoms with Crippen LogP contribution in [0.1, 0.15) is 44.9 Å². The minimum atomic E-state index is -0.830. The molecule has 0 radical (unpaired) electrons. The Kier molecular flexibility index (Phi) is 4.22. The summed E-state index contributed by atoms with van der Waals surface area (Å²) in [6.07, 6.45) is 5.58. The van der Waals surface area contributed by atoms with Crippen LogP contribution in [0.2, 0.25) is 0 Å². The fourth-order valence-corrected chi connectivity index (χ4v) is 3.09. The van der Waals surface area contributed by atoms with Gasteiger partial charge >= 0.3 is 5.97 Å². The Labute approximate surface area is 107 Å². The number of carbonyl (C=O) groups excluding carboxylic acids is 1. The molecule has 0 aromatic heterocycles. The molecule has 1 aliphatic heterocycles. The fourth-order valence-electron chi connectivity index (χ4n) is 3.09. The molecule has 2 aliphatic rings. The van der Waals surface area contributed by atoms with Crippen molar-refractivity contribution in [2.45, 2.75) is 50.5 Å². The molecule has 2 rings (SSSR count). The van der Waals surface area contributed by atoms with E-state index in [1.165, 1.54) is 0 Å². The third-order valence-electron chi connectivity index (χ3n) is 4.16. The van der Waals surface area contributed by atoms with Gasteiger partial charge in [-0.3, -0.25) is 9.59 Å². The van der Waals surface area contributed by atoms with Gasteiger partial charge in [0, 0.05) is 5.92 Å². The predicted molar refractivity (Wildman–Crippen MR) is 67.2 cm³/mol. The molecule has 18 heavy (non-hydrogen) atoms. The SMILES string of the molecule is O=C(O)CC1(NC(=O)C2CCCC2)CCNCC1. The van der Waals surface area contributed by atoms with Gasteiger partial charge in [-0.15, -0.1) is 0 Å². The first kappa shape index (κ1) is 13.3. The van der Waals surface area contributed by atoms with Crippen LogP contribution in [0.4, 0.5) is 0 Å². The summed E-state index contributed by atoms with van der Waals surface area (Å²) in [5.41, 5.74) is -0.531. The molecule has 5 heteroatoms. The highest BCUT2D eigenvalue weighted by molar-refractivity contribution is 5.80. The summed E-state index contributed by atoms with van der Waals surface area (Å²) < 4.78 is 0. The quantitative estimate of drug-likeness (QED) is 0.696. The normalized spacial score (nSPS) is 23.8. The van der Waals surface area contributed by atoms with Crippen LogP contribution >= 0.6 is 0 Å². The lowest BCUT2D eigenvalue weighted by atomic mass is 9.84. The standard InChI is InChI=1S/C13H22N2O3/c16-11(17)9-13(5-7-14-8-6-13)15-12(18)10-3-1-2-4-10/h10,14H,1-9H2,(H,15,18)(H,16,17). The summed E-state index contributed by atoms with van der Waals surface area (Å²) in [5, 5.41) is 15.3. The number of amides is 1. The minimum Gasteiger partial charge on any atom is -0.481 e. The zero-order chi connectivity index (χ0) is 13.0. The maximum absolute atomic E-state index is 12.2. The van der Waals surface area contributed by atoms with Gasteiger partial charge < -0.3 is 15.7 Å². The van der Waals surface area contributed by atoms with Crippen molar-refractivity contribution in [2.24, 2.45) is 5.92 Å². The Hall–Kier alpha value is -1.10. The lowest BCUT2D eigenvalue weighted by Gasteiger charge is -2.38. The molecule has 0 unspecified atom stereocenters. The van der Waals surface area contributed by atoms with Crippen LogP contribution in [-0.2, 0) is 9.59 Å².